The number of anilines is 2. The predicted molar refractivity (Wildman–Crippen MR) is 77.7 cm³/mol. The van der Waals surface area contributed by atoms with Gasteiger partial charge in [-0.3, -0.25) is 0 Å². The molecule has 1 aromatic carbocycles. The first-order valence-electron chi connectivity index (χ1n) is 6.49. The molecule has 2 nitrogen and oxygen atoms in total. The average Bonchev–Trinajstić information content (AvgIpc) is 2.29. The van der Waals surface area contributed by atoms with Crippen molar-refractivity contribution in [2.45, 2.75) is 52.0 Å². The van der Waals surface area contributed by atoms with E-state index in [2.05, 4.69) is 19.2 Å². The lowest BCUT2D eigenvalue weighted by Gasteiger charge is -2.20. The van der Waals surface area contributed by atoms with E-state index in [1.165, 1.54) is 32.1 Å². The Morgan fingerprint density at radius 1 is 1.24 bits per heavy atom. The zero-order valence-corrected chi connectivity index (χ0v) is 11.6. The van der Waals surface area contributed by atoms with Gasteiger partial charge in [0.2, 0.25) is 0 Å². The molecular weight excluding hydrogens is 232 g/mol. The summed E-state index contributed by atoms with van der Waals surface area (Å²) in [7, 11) is 0. The van der Waals surface area contributed by atoms with Crippen LogP contribution in [0.4, 0.5) is 11.4 Å². The van der Waals surface area contributed by atoms with Gasteiger partial charge in [0.1, 0.15) is 0 Å². The van der Waals surface area contributed by atoms with Gasteiger partial charge in [0.15, 0.2) is 0 Å². The first-order valence-corrected chi connectivity index (χ1v) is 6.86. The molecule has 0 aliphatic rings. The Kier molecular flexibility index (Phi) is 6.20. The first-order chi connectivity index (χ1) is 8.17. The van der Waals surface area contributed by atoms with E-state index in [0.29, 0.717) is 11.1 Å². The minimum Gasteiger partial charge on any atom is -0.397 e. The van der Waals surface area contributed by atoms with Crippen molar-refractivity contribution >= 4 is 23.0 Å². The lowest BCUT2D eigenvalue weighted by atomic mass is 10.0. The molecule has 0 bridgehead atoms. The van der Waals surface area contributed by atoms with Crippen molar-refractivity contribution in [2.24, 2.45) is 0 Å². The second-order valence-electron chi connectivity index (χ2n) is 4.50. The molecule has 1 unspecified atom stereocenters. The number of nitrogen functional groups attached to an aromatic ring is 1. The van der Waals surface area contributed by atoms with Crippen molar-refractivity contribution in [1.82, 2.24) is 0 Å². The maximum Gasteiger partial charge on any atom is 0.0577 e. The topological polar surface area (TPSA) is 38.0 Å². The molecule has 0 aromatic heterocycles. The maximum atomic E-state index is 5.95. The van der Waals surface area contributed by atoms with E-state index in [1.807, 2.05) is 12.1 Å². The molecule has 1 aromatic rings. The number of hydrogen-bond donors (Lipinski definition) is 2. The number of benzene rings is 1. The quantitative estimate of drug-likeness (QED) is 0.693. The first kappa shape index (κ1) is 14.2. The molecular formula is C14H23ClN2. The Bertz CT molecular complexity index is 339. The fraction of sp³-hybridized carbons (Fsp3) is 0.571. The molecule has 0 heterocycles. The van der Waals surface area contributed by atoms with Crippen LogP contribution in [0, 0.1) is 0 Å². The zero-order valence-electron chi connectivity index (χ0n) is 10.8. The van der Waals surface area contributed by atoms with Gasteiger partial charge < -0.3 is 11.1 Å². The molecule has 0 aliphatic heterocycles. The second-order valence-corrected chi connectivity index (χ2v) is 4.94. The van der Waals surface area contributed by atoms with Crippen molar-refractivity contribution in [1.29, 1.82) is 0 Å². The molecule has 0 saturated heterocycles. The molecule has 0 aliphatic carbocycles. The van der Waals surface area contributed by atoms with E-state index in [-0.39, 0.29) is 0 Å². The molecule has 1 atom stereocenters. The maximum absolute atomic E-state index is 5.95. The highest BCUT2D eigenvalue weighted by Gasteiger charge is 2.08. The number of nitrogens with one attached hydrogen (secondary N) is 1. The molecule has 0 fully saturated rings. The Morgan fingerprint density at radius 2 is 2.00 bits per heavy atom. The van der Waals surface area contributed by atoms with Gasteiger partial charge in [0.05, 0.1) is 11.4 Å². The molecule has 1 rings (SSSR count). The van der Waals surface area contributed by atoms with E-state index in [1.54, 1.807) is 6.07 Å². The van der Waals surface area contributed by atoms with Gasteiger partial charge in [0.25, 0.3) is 0 Å². The standard InChI is InChI=1S/C14H23ClN2/c1-3-5-7-12(6-4-2)17-14-9-8-11(15)10-13(14)16/h8-10,12,17H,3-7,16H2,1-2H3. The largest absolute Gasteiger partial charge is 0.397 e. The van der Waals surface area contributed by atoms with Crippen LogP contribution in [0.25, 0.3) is 0 Å². The molecule has 0 radical (unpaired) electrons. The molecule has 3 heteroatoms. The lowest BCUT2D eigenvalue weighted by molar-refractivity contribution is 0.564. The van der Waals surface area contributed by atoms with Crippen LogP contribution < -0.4 is 11.1 Å². The molecule has 3 N–H and O–H groups in total. The minimum atomic E-state index is 0.517. The van der Waals surface area contributed by atoms with Crippen molar-refractivity contribution in [3.05, 3.63) is 23.2 Å². The van der Waals surface area contributed by atoms with Gasteiger partial charge in [-0.1, -0.05) is 44.7 Å². The van der Waals surface area contributed by atoms with Crippen LogP contribution in [-0.4, -0.2) is 6.04 Å². The van der Waals surface area contributed by atoms with Crippen molar-refractivity contribution in [3.63, 3.8) is 0 Å². The molecule has 0 saturated carbocycles. The van der Waals surface area contributed by atoms with Gasteiger partial charge in [-0.05, 0) is 31.0 Å². The van der Waals surface area contributed by atoms with Crippen LogP contribution >= 0.6 is 11.6 Å². The van der Waals surface area contributed by atoms with Gasteiger partial charge in [0, 0.05) is 11.1 Å². The normalized spacial score (nSPS) is 12.4. The fourth-order valence-corrected chi connectivity index (χ4v) is 2.15. The molecule has 0 spiro atoms. The second kappa shape index (κ2) is 7.44. The fourth-order valence-electron chi connectivity index (χ4n) is 1.97. The van der Waals surface area contributed by atoms with Gasteiger partial charge in [-0.2, -0.15) is 0 Å². The Balaban J connectivity index is 2.64. The highest BCUT2D eigenvalue weighted by Crippen LogP contribution is 2.25. The summed E-state index contributed by atoms with van der Waals surface area (Å²) < 4.78 is 0. The number of unbranched alkanes of at least 4 members (excludes halogenated alkanes) is 1. The predicted octanol–water partition coefficient (Wildman–Crippen LogP) is 4.69. The summed E-state index contributed by atoms with van der Waals surface area (Å²) in [4.78, 5) is 0. The summed E-state index contributed by atoms with van der Waals surface area (Å²) in [5.41, 5.74) is 7.68. The molecule has 96 valence electrons. The van der Waals surface area contributed by atoms with E-state index >= 15 is 0 Å². The van der Waals surface area contributed by atoms with E-state index in [9.17, 15) is 0 Å². The van der Waals surface area contributed by atoms with Crippen molar-refractivity contribution in [3.8, 4) is 0 Å². The van der Waals surface area contributed by atoms with Crippen LogP contribution in [0.5, 0.6) is 0 Å². The number of rotatable bonds is 7. The third kappa shape index (κ3) is 4.86. The van der Waals surface area contributed by atoms with Crippen LogP contribution in [0.2, 0.25) is 5.02 Å². The van der Waals surface area contributed by atoms with E-state index in [0.717, 1.165) is 11.4 Å². The van der Waals surface area contributed by atoms with Crippen molar-refractivity contribution in [2.75, 3.05) is 11.1 Å². The third-order valence-electron chi connectivity index (χ3n) is 2.92. The summed E-state index contributed by atoms with van der Waals surface area (Å²) in [6.07, 6.45) is 6.06. The van der Waals surface area contributed by atoms with E-state index < -0.39 is 0 Å². The summed E-state index contributed by atoms with van der Waals surface area (Å²) in [6.45, 7) is 4.44. The monoisotopic (exact) mass is 254 g/mol. The minimum absolute atomic E-state index is 0.517. The van der Waals surface area contributed by atoms with Gasteiger partial charge in [-0.15, -0.1) is 0 Å². The average molecular weight is 255 g/mol. The summed E-state index contributed by atoms with van der Waals surface area (Å²) >= 11 is 5.89. The summed E-state index contributed by atoms with van der Waals surface area (Å²) in [5.74, 6) is 0. The summed E-state index contributed by atoms with van der Waals surface area (Å²) in [5, 5.41) is 4.22. The van der Waals surface area contributed by atoms with Crippen LogP contribution in [-0.2, 0) is 0 Å². The Labute approximate surface area is 110 Å². The van der Waals surface area contributed by atoms with Gasteiger partial charge in [-0.25, -0.2) is 0 Å². The highest BCUT2D eigenvalue weighted by molar-refractivity contribution is 6.31. The van der Waals surface area contributed by atoms with Gasteiger partial charge >= 0.3 is 0 Å². The smallest absolute Gasteiger partial charge is 0.0577 e. The Morgan fingerprint density at radius 3 is 2.59 bits per heavy atom. The SMILES string of the molecule is CCCCC(CCC)Nc1ccc(Cl)cc1N. The van der Waals surface area contributed by atoms with Crippen LogP contribution in [0.15, 0.2) is 18.2 Å². The molecule has 17 heavy (non-hydrogen) atoms. The zero-order chi connectivity index (χ0) is 12.7. The number of nitrogens with two attached hydrogens (primary N) is 1. The number of hydrogen-bond acceptors (Lipinski definition) is 2. The Hall–Kier alpha value is -0.890. The van der Waals surface area contributed by atoms with Crippen LogP contribution in [0.3, 0.4) is 0 Å². The highest BCUT2D eigenvalue weighted by atomic mass is 35.5. The lowest BCUT2D eigenvalue weighted by Crippen LogP contribution is -2.19. The van der Waals surface area contributed by atoms with E-state index in [4.69, 9.17) is 17.3 Å². The molecule has 0 amide bonds. The number of halogens is 1. The van der Waals surface area contributed by atoms with Crippen LogP contribution in [0.1, 0.15) is 46.0 Å². The van der Waals surface area contributed by atoms with Crippen molar-refractivity contribution < 1.29 is 0 Å². The third-order valence-corrected chi connectivity index (χ3v) is 3.15. The summed E-state index contributed by atoms with van der Waals surface area (Å²) in [6, 6.07) is 6.16.